The average Bonchev–Trinajstić information content (AvgIpc) is 2.34. The Morgan fingerprint density at radius 3 is 2.52 bits per heavy atom. The molecule has 5 N–H and O–H groups in total. The van der Waals surface area contributed by atoms with Gasteiger partial charge in [-0.1, -0.05) is 23.4 Å². The van der Waals surface area contributed by atoms with Crippen molar-refractivity contribution in [3.63, 3.8) is 0 Å². The molecule has 0 aliphatic heterocycles. The van der Waals surface area contributed by atoms with Gasteiger partial charge in [-0.3, -0.25) is 4.79 Å². The average molecular weight is 330 g/mol. The molecule has 1 amide bonds. The van der Waals surface area contributed by atoms with Gasteiger partial charge in [-0.15, -0.1) is 0 Å². The number of nitrogens with one attached hydrogen (secondary N) is 1. The van der Waals surface area contributed by atoms with Gasteiger partial charge in [0.05, 0.1) is 11.6 Å². The van der Waals surface area contributed by atoms with Crippen molar-refractivity contribution in [3.05, 3.63) is 28.8 Å². The summed E-state index contributed by atoms with van der Waals surface area (Å²) in [6.45, 7) is 2.91. The maximum Gasteiger partial charge on any atom is 0.243 e. The molecular formula is C13H16ClN3O3S. The monoisotopic (exact) mass is 329 g/mol. The van der Waals surface area contributed by atoms with E-state index in [4.69, 9.17) is 23.1 Å². The van der Waals surface area contributed by atoms with Gasteiger partial charge in [0, 0.05) is 5.56 Å². The van der Waals surface area contributed by atoms with Crippen LogP contribution in [0.5, 0.6) is 0 Å². The third kappa shape index (κ3) is 4.44. The number of sulfonamides is 1. The molecule has 6 nitrogen and oxygen atoms in total. The highest BCUT2D eigenvalue weighted by molar-refractivity contribution is 7.89. The second-order valence-corrected chi connectivity index (χ2v) is 6.80. The van der Waals surface area contributed by atoms with Gasteiger partial charge in [0.15, 0.2) is 0 Å². The first kappa shape index (κ1) is 17.5. The van der Waals surface area contributed by atoms with Gasteiger partial charge < -0.3 is 11.5 Å². The summed E-state index contributed by atoms with van der Waals surface area (Å²) in [5, 5.41) is -0.00779. The molecule has 0 aromatic heterocycles. The largest absolute Gasteiger partial charge is 0.368 e. The molecule has 0 radical (unpaired) electrons. The van der Waals surface area contributed by atoms with Gasteiger partial charge in [-0.25, -0.2) is 8.42 Å². The Balaban J connectivity index is 3.19. The van der Waals surface area contributed by atoms with Crippen LogP contribution in [-0.4, -0.2) is 26.4 Å². The minimum absolute atomic E-state index is 0.00779. The smallest absolute Gasteiger partial charge is 0.243 e. The highest BCUT2D eigenvalue weighted by Crippen LogP contribution is 2.23. The summed E-state index contributed by atoms with van der Waals surface area (Å²) in [6, 6.07) is 4.22. The fourth-order valence-electron chi connectivity index (χ4n) is 1.39. The number of carbonyl (C=O) groups excluding carboxylic acids is 1. The van der Waals surface area contributed by atoms with Crippen LogP contribution >= 0.6 is 11.6 Å². The minimum Gasteiger partial charge on any atom is -0.368 e. The molecular weight excluding hydrogens is 314 g/mol. The standard InChI is InChI=1S/C13H16ClN3O3S/c1-13(2,12(16)18)17-21(19,20)11-6-5-9(4-3-7-15)8-10(11)14/h5-6,8,17H,7,15H2,1-2H3,(H2,16,18). The Labute approximate surface area is 128 Å². The molecule has 8 heteroatoms. The predicted molar refractivity (Wildman–Crippen MR) is 81.0 cm³/mol. The second-order valence-electron chi connectivity index (χ2n) is 4.75. The number of rotatable bonds is 4. The topological polar surface area (TPSA) is 115 Å². The Kier molecular flexibility index (Phi) is 5.36. The lowest BCUT2D eigenvalue weighted by Gasteiger charge is -2.22. The van der Waals surface area contributed by atoms with Gasteiger partial charge >= 0.3 is 0 Å². The molecule has 0 saturated heterocycles. The first-order valence-electron chi connectivity index (χ1n) is 5.92. The number of hydrogen-bond donors (Lipinski definition) is 3. The number of nitrogens with two attached hydrogens (primary N) is 2. The molecule has 114 valence electrons. The molecule has 0 heterocycles. The fourth-order valence-corrected chi connectivity index (χ4v) is 3.32. The fraction of sp³-hybridized carbons (Fsp3) is 0.308. The Hall–Kier alpha value is -1.59. The number of benzene rings is 1. The van der Waals surface area contributed by atoms with Gasteiger partial charge in [0.25, 0.3) is 0 Å². The maximum atomic E-state index is 12.2. The molecule has 1 aromatic carbocycles. The number of halogens is 1. The lowest BCUT2D eigenvalue weighted by atomic mass is 10.1. The zero-order chi connectivity index (χ0) is 16.3. The van der Waals surface area contributed by atoms with Gasteiger partial charge in [0.2, 0.25) is 15.9 Å². The van der Waals surface area contributed by atoms with Crippen LogP contribution in [0.15, 0.2) is 23.1 Å². The molecule has 0 bridgehead atoms. The van der Waals surface area contributed by atoms with E-state index in [0.29, 0.717) is 5.56 Å². The lowest BCUT2D eigenvalue weighted by molar-refractivity contribution is -0.122. The van der Waals surface area contributed by atoms with Crippen molar-refractivity contribution in [3.8, 4) is 11.8 Å². The summed E-state index contributed by atoms with van der Waals surface area (Å²) in [4.78, 5) is 11.1. The van der Waals surface area contributed by atoms with Gasteiger partial charge in [-0.05, 0) is 32.0 Å². The van der Waals surface area contributed by atoms with Crippen LogP contribution in [0.4, 0.5) is 0 Å². The summed E-state index contributed by atoms with van der Waals surface area (Å²) in [5.41, 5.74) is 9.51. The van der Waals surface area contributed by atoms with Crippen molar-refractivity contribution in [2.75, 3.05) is 6.54 Å². The summed E-state index contributed by atoms with van der Waals surface area (Å²) >= 11 is 5.97. The van der Waals surface area contributed by atoms with E-state index in [9.17, 15) is 13.2 Å². The number of hydrogen-bond acceptors (Lipinski definition) is 4. The summed E-state index contributed by atoms with van der Waals surface area (Å²) in [7, 11) is -3.99. The quantitative estimate of drug-likeness (QED) is 0.684. The van der Waals surface area contributed by atoms with Crippen molar-refractivity contribution in [1.82, 2.24) is 4.72 Å². The van der Waals surface area contributed by atoms with Crippen molar-refractivity contribution < 1.29 is 13.2 Å². The Morgan fingerprint density at radius 1 is 1.43 bits per heavy atom. The number of carbonyl (C=O) groups is 1. The first-order valence-corrected chi connectivity index (χ1v) is 7.78. The Morgan fingerprint density at radius 2 is 2.05 bits per heavy atom. The van der Waals surface area contributed by atoms with Crippen LogP contribution in [0.2, 0.25) is 5.02 Å². The molecule has 0 fully saturated rings. The number of amides is 1. The van der Waals surface area contributed by atoms with E-state index >= 15 is 0 Å². The van der Waals surface area contributed by atoms with Crippen LogP contribution in [0.3, 0.4) is 0 Å². The summed E-state index contributed by atoms with van der Waals surface area (Å²) < 4.78 is 26.7. The third-order valence-corrected chi connectivity index (χ3v) is 4.70. The molecule has 0 spiro atoms. The van der Waals surface area contributed by atoms with Crippen molar-refractivity contribution >= 4 is 27.5 Å². The van der Waals surface area contributed by atoms with Crippen molar-refractivity contribution in [1.29, 1.82) is 0 Å². The predicted octanol–water partition coefficient (Wildman–Crippen LogP) is 0.192. The third-order valence-electron chi connectivity index (χ3n) is 2.56. The first-order chi connectivity index (χ1) is 9.60. The second kappa shape index (κ2) is 6.45. The van der Waals surface area contributed by atoms with E-state index in [1.807, 2.05) is 0 Å². The zero-order valence-electron chi connectivity index (χ0n) is 11.6. The van der Waals surface area contributed by atoms with E-state index in [2.05, 4.69) is 16.6 Å². The van der Waals surface area contributed by atoms with Crippen LogP contribution < -0.4 is 16.2 Å². The molecule has 0 saturated carbocycles. The van der Waals surface area contributed by atoms with Gasteiger partial charge in [-0.2, -0.15) is 4.72 Å². The lowest BCUT2D eigenvalue weighted by Crippen LogP contribution is -2.52. The van der Waals surface area contributed by atoms with E-state index in [0.717, 1.165) is 0 Å². The van der Waals surface area contributed by atoms with E-state index in [1.54, 1.807) is 0 Å². The maximum absolute atomic E-state index is 12.2. The van der Waals surface area contributed by atoms with Gasteiger partial charge in [0.1, 0.15) is 10.4 Å². The molecule has 0 atom stereocenters. The van der Waals surface area contributed by atoms with Crippen LogP contribution in [0.1, 0.15) is 19.4 Å². The molecule has 1 rings (SSSR count). The summed E-state index contributed by atoms with van der Waals surface area (Å²) in [5.74, 6) is 4.58. The number of primary amides is 1. The van der Waals surface area contributed by atoms with Crippen LogP contribution in [-0.2, 0) is 14.8 Å². The van der Waals surface area contributed by atoms with Crippen molar-refractivity contribution in [2.45, 2.75) is 24.3 Å². The zero-order valence-corrected chi connectivity index (χ0v) is 13.2. The highest BCUT2D eigenvalue weighted by Gasteiger charge is 2.32. The highest BCUT2D eigenvalue weighted by atomic mass is 35.5. The molecule has 1 aromatic rings. The van der Waals surface area contributed by atoms with Crippen molar-refractivity contribution in [2.24, 2.45) is 11.5 Å². The van der Waals surface area contributed by atoms with Crippen LogP contribution in [0, 0.1) is 11.8 Å². The Bertz CT molecular complexity index is 718. The van der Waals surface area contributed by atoms with E-state index in [-0.39, 0.29) is 16.5 Å². The minimum atomic E-state index is -3.99. The van der Waals surface area contributed by atoms with E-state index in [1.165, 1.54) is 32.0 Å². The van der Waals surface area contributed by atoms with Crippen LogP contribution in [0.25, 0.3) is 0 Å². The molecule has 0 unspecified atom stereocenters. The molecule has 0 aliphatic rings. The SMILES string of the molecule is CC(C)(NS(=O)(=O)c1ccc(C#CCN)cc1Cl)C(N)=O. The molecule has 0 aliphatic carbocycles. The normalized spacial score (nSPS) is 11.6. The molecule has 21 heavy (non-hydrogen) atoms. The van der Waals surface area contributed by atoms with E-state index < -0.39 is 21.5 Å². The summed E-state index contributed by atoms with van der Waals surface area (Å²) in [6.07, 6.45) is 0.